The summed E-state index contributed by atoms with van der Waals surface area (Å²) in [6.07, 6.45) is -5.37. The first-order valence-corrected chi connectivity index (χ1v) is 8.91. The lowest BCUT2D eigenvalue weighted by Gasteiger charge is -2.33. The summed E-state index contributed by atoms with van der Waals surface area (Å²) in [6.45, 7) is 0.943. The van der Waals surface area contributed by atoms with Gasteiger partial charge in [-0.25, -0.2) is 9.59 Å². The van der Waals surface area contributed by atoms with Crippen LogP contribution in [0.4, 0.5) is 23.7 Å². The van der Waals surface area contributed by atoms with E-state index in [9.17, 15) is 22.8 Å². The number of halogens is 4. The van der Waals surface area contributed by atoms with E-state index in [-0.39, 0.29) is 28.8 Å². The van der Waals surface area contributed by atoms with Crippen LogP contribution >= 0.6 is 11.6 Å². The fraction of sp³-hybridized carbons (Fsp3) is 0.263. The number of carbonyl (C=O) groups excluding carboxylic acids is 2. The molecule has 2 amide bonds. The number of methoxy groups -OCH3 is 1. The number of ether oxygens (including phenoxy) is 3. The van der Waals surface area contributed by atoms with Crippen LogP contribution in [0.1, 0.15) is 6.92 Å². The number of amides is 2. The Kier molecular flexibility index (Phi) is 7.38. The van der Waals surface area contributed by atoms with Gasteiger partial charge in [0, 0.05) is 5.02 Å². The van der Waals surface area contributed by atoms with Crippen LogP contribution in [0.25, 0.3) is 0 Å². The van der Waals surface area contributed by atoms with Crippen molar-refractivity contribution in [2.45, 2.75) is 18.8 Å². The average Bonchev–Trinajstić information content (AvgIpc) is 2.67. The molecule has 11 heteroatoms. The van der Waals surface area contributed by atoms with Crippen molar-refractivity contribution in [3.63, 3.8) is 0 Å². The third-order valence-electron chi connectivity index (χ3n) is 3.68. The SMILES string of the molecule is CCOC(=O)C(NC(=O)Nc1cc(Cl)ccc1OC)(Oc1ccccc1)C(F)(F)F. The van der Waals surface area contributed by atoms with Gasteiger partial charge in [-0.3, -0.25) is 5.32 Å². The van der Waals surface area contributed by atoms with Crippen LogP contribution in [0.3, 0.4) is 0 Å². The topological polar surface area (TPSA) is 85.9 Å². The number of benzene rings is 2. The van der Waals surface area contributed by atoms with Gasteiger partial charge in [-0.05, 0) is 37.3 Å². The summed E-state index contributed by atoms with van der Waals surface area (Å²) in [5.41, 5.74) is -3.83. The summed E-state index contributed by atoms with van der Waals surface area (Å²) in [5.74, 6) is -2.02. The van der Waals surface area contributed by atoms with E-state index in [2.05, 4.69) is 10.1 Å². The van der Waals surface area contributed by atoms with Gasteiger partial charge in [0.05, 0.1) is 19.4 Å². The van der Waals surface area contributed by atoms with Crippen LogP contribution in [0, 0.1) is 0 Å². The van der Waals surface area contributed by atoms with Crippen LogP contribution in [0.2, 0.25) is 5.02 Å². The molecule has 0 aliphatic carbocycles. The summed E-state index contributed by atoms with van der Waals surface area (Å²) in [4.78, 5) is 24.8. The van der Waals surface area contributed by atoms with E-state index < -0.39 is 23.9 Å². The predicted molar refractivity (Wildman–Crippen MR) is 103 cm³/mol. The lowest BCUT2D eigenvalue weighted by molar-refractivity contribution is -0.259. The zero-order chi connectivity index (χ0) is 22.4. The van der Waals surface area contributed by atoms with Gasteiger partial charge in [0.25, 0.3) is 0 Å². The molecular weight excluding hydrogens is 429 g/mol. The van der Waals surface area contributed by atoms with E-state index in [0.29, 0.717) is 0 Å². The first-order chi connectivity index (χ1) is 14.1. The standard InChI is InChI=1S/C19H18ClF3N2O5/c1-3-29-16(26)18(19(21,22)23,30-13-7-5-4-6-8-13)25-17(27)24-14-11-12(20)9-10-15(14)28-2/h4-11H,3H2,1-2H3,(H2,24,25,27). The molecule has 2 N–H and O–H groups in total. The fourth-order valence-corrected chi connectivity index (χ4v) is 2.52. The van der Waals surface area contributed by atoms with Crippen molar-refractivity contribution in [1.29, 1.82) is 0 Å². The van der Waals surface area contributed by atoms with Gasteiger partial charge in [-0.15, -0.1) is 0 Å². The Labute approximate surface area is 175 Å². The molecule has 0 aromatic heterocycles. The molecule has 0 aliphatic rings. The highest BCUT2D eigenvalue weighted by Crippen LogP contribution is 2.35. The molecule has 0 saturated carbocycles. The van der Waals surface area contributed by atoms with E-state index in [1.807, 2.05) is 0 Å². The zero-order valence-electron chi connectivity index (χ0n) is 15.9. The minimum Gasteiger partial charge on any atom is -0.495 e. The number of hydrogen-bond donors (Lipinski definition) is 2. The second-order valence-electron chi connectivity index (χ2n) is 5.74. The van der Waals surface area contributed by atoms with Gasteiger partial charge >= 0.3 is 23.9 Å². The van der Waals surface area contributed by atoms with E-state index in [1.54, 1.807) is 5.32 Å². The summed E-state index contributed by atoms with van der Waals surface area (Å²) in [5, 5.41) is 3.91. The average molecular weight is 447 g/mol. The number of nitrogens with one attached hydrogen (secondary N) is 2. The molecule has 2 aromatic rings. The highest BCUT2D eigenvalue weighted by Gasteiger charge is 2.66. The Bertz CT molecular complexity index is 895. The van der Waals surface area contributed by atoms with Crippen LogP contribution in [-0.4, -0.2) is 37.6 Å². The van der Waals surface area contributed by atoms with E-state index in [1.165, 1.54) is 62.6 Å². The molecule has 2 aromatic carbocycles. The molecule has 0 spiro atoms. The largest absolute Gasteiger partial charge is 0.495 e. The van der Waals surface area contributed by atoms with Crippen molar-refractivity contribution in [3.8, 4) is 11.5 Å². The molecule has 0 aliphatic heterocycles. The maximum atomic E-state index is 14.0. The second kappa shape index (κ2) is 9.57. The lowest BCUT2D eigenvalue weighted by atomic mass is 10.2. The van der Waals surface area contributed by atoms with Gasteiger partial charge in [0.2, 0.25) is 0 Å². The summed E-state index contributed by atoms with van der Waals surface area (Å²) < 4.78 is 56.6. The molecule has 0 radical (unpaired) electrons. The van der Waals surface area contributed by atoms with E-state index in [4.69, 9.17) is 21.1 Å². The first-order valence-electron chi connectivity index (χ1n) is 8.53. The third-order valence-corrected chi connectivity index (χ3v) is 3.91. The van der Waals surface area contributed by atoms with Crippen LogP contribution < -0.4 is 20.1 Å². The van der Waals surface area contributed by atoms with E-state index >= 15 is 0 Å². The minimum absolute atomic E-state index is 0.0258. The van der Waals surface area contributed by atoms with Gasteiger partial charge in [-0.2, -0.15) is 13.2 Å². The molecule has 2 rings (SSSR count). The summed E-state index contributed by atoms with van der Waals surface area (Å²) >= 11 is 5.86. The quantitative estimate of drug-likeness (QED) is 0.487. The normalized spacial score (nSPS) is 13.0. The van der Waals surface area contributed by atoms with Crippen molar-refractivity contribution < 1.29 is 37.0 Å². The number of anilines is 1. The highest BCUT2D eigenvalue weighted by atomic mass is 35.5. The van der Waals surface area contributed by atoms with Crippen LogP contribution in [0.5, 0.6) is 11.5 Å². The van der Waals surface area contributed by atoms with Gasteiger partial charge in [0.1, 0.15) is 11.5 Å². The molecule has 0 saturated heterocycles. The maximum Gasteiger partial charge on any atom is 0.460 e. The third kappa shape index (κ3) is 5.26. The van der Waals surface area contributed by atoms with Crippen molar-refractivity contribution in [2.24, 2.45) is 0 Å². The molecule has 0 fully saturated rings. The number of rotatable bonds is 7. The molecule has 1 unspecified atom stereocenters. The Morgan fingerprint density at radius 1 is 1.10 bits per heavy atom. The second-order valence-corrected chi connectivity index (χ2v) is 6.17. The Balaban J connectivity index is 2.42. The van der Waals surface area contributed by atoms with Crippen molar-refractivity contribution >= 4 is 29.3 Å². The highest BCUT2D eigenvalue weighted by molar-refractivity contribution is 6.31. The van der Waals surface area contributed by atoms with Crippen molar-refractivity contribution in [3.05, 3.63) is 53.6 Å². The number of esters is 1. The summed E-state index contributed by atoms with van der Waals surface area (Å²) in [7, 11) is 1.30. The molecular formula is C19H18ClF3N2O5. The Morgan fingerprint density at radius 3 is 2.33 bits per heavy atom. The molecule has 162 valence electrons. The number of alkyl halides is 3. The van der Waals surface area contributed by atoms with Gasteiger partial charge < -0.3 is 19.5 Å². The van der Waals surface area contributed by atoms with Crippen molar-refractivity contribution in [1.82, 2.24) is 5.32 Å². The van der Waals surface area contributed by atoms with Gasteiger partial charge in [-0.1, -0.05) is 29.8 Å². The lowest BCUT2D eigenvalue weighted by Crippen LogP contribution is -2.69. The zero-order valence-corrected chi connectivity index (χ0v) is 16.6. The maximum absolute atomic E-state index is 14.0. The Morgan fingerprint density at radius 2 is 1.77 bits per heavy atom. The number of hydrogen-bond acceptors (Lipinski definition) is 5. The molecule has 0 bridgehead atoms. The van der Waals surface area contributed by atoms with Crippen LogP contribution in [-0.2, 0) is 9.53 Å². The number of carbonyl (C=O) groups is 2. The van der Waals surface area contributed by atoms with Crippen LogP contribution in [0.15, 0.2) is 48.5 Å². The van der Waals surface area contributed by atoms with Crippen molar-refractivity contribution in [2.75, 3.05) is 19.0 Å². The fourth-order valence-electron chi connectivity index (χ4n) is 2.35. The smallest absolute Gasteiger partial charge is 0.460 e. The number of urea groups is 1. The Hall–Kier alpha value is -3.14. The molecule has 30 heavy (non-hydrogen) atoms. The molecule has 0 heterocycles. The monoisotopic (exact) mass is 446 g/mol. The number of para-hydroxylation sites is 1. The summed E-state index contributed by atoms with van der Waals surface area (Å²) in [6, 6.07) is 9.45. The molecule has 1 atom stereocenters. The molecule has 7 nitrogen and oxygen atoms in total. The van der Waals surface area contributed by atoms with E-state index in [0.717, 1.165) is 0 Å². The predicted octanol–water partition coefficient (Wildman–Crippen LogP) is 4.37. The first kappa shape index (κ1) is 23.1. The van der Waals surface area contributed by atoms with Gasteiger partial charge in [0.15, 0.2) is 0 Å². The minimum atomic E-state index is -5.37.